The first-order valence-electron chi connectivity index (χ1n) is 6.37. The summed E-state index contributed by atoms with van der Waals surface area (Å²) in [5.74, 6) is 0.585. The van der Waals surface area contributed by atoms with Gasteiger partial charge in [-0.1, -0.05) is 12.1 Å². The number of rotatable bonds is 3. The standard InChI is InChI=1S/C15H12Br2N2O2/c16-10-2-1-3-11(17)15(10)18-7-9-4-5-13-12(6-9)19-14(20)8-21-13/h1-6,18H,7-8H2,(H,19,20). The van der Waals surface area contributed by atoms with Crippen LogP contribution in [0.5, 0.6) is 5.75 Å². The highest BCUT2D eigenvalue weighted by Crippen LogP contribution is 2.32. The molecule has 1 aliphatic heterocycles. The average Bonchev–Trinajstić information content (AvgIpc) is 2.46. The monoisotopic (exact) mass is 410 g/mol. The maximum atomic E-state index is 11.3. The first-order chi connectivity index (χ1) is 10.1. The van der Waals surface area contributed by atoms with Crippen LogP contribution in [0.25, 0.3) is 0 Å². The third-order valence-electron chi connectivity index (χ3n) is 3.11. The van der Waals surface area contributed by atoms with Crippen molar-refractivity contribution in [3.63, 3.8) is 0 Å². The fourth-order valence-electron chi connectivity index (χ4n) is 2.10. The van der Waals surface area contributed by atoms with E-state index >= 15 is 0 Å². The van der Waals surface area contributed by atoms with Crippen LogP contribution in [0.4, 0.5) is 11.4 Å². The van der Waals surface area contributed by atoms with Crippen molar-refractivity contribution in [2.75, 3.05) is 17.2 Å². The minimum atomic E-state index is -0.124. The van der Waals surface area contributed by atoms with Gasteiger partial charge in [0.2, 0.25) is 0 Å². The number of fused-ring (bicyclic) bond motifs is 1. The highest BCUT2D eigenvalue weighted by molar-refractivity contribution is 9.11. The molecule has 3 rings (SSSR count). The van der Waals surface area contributed by atoms with Crippen molar-refractivity contribution in [1.82, 2.24) is 0 Å². The van der Waals surface area contributed by atoms with Crippen molar-refractivity contribution in [2.45, 2.75) is 6.54 Å². The molecule has 0 unspecified atom stereocenters. The van der Waals surface area contributed by atoms with Gasteiger partial charge in [0.15, 0.2) is 6.61 Å². The number of hydrogen-bond acceptors (Lipinski definition) is 3. The molecule has 1 heterocycles. The topological polar surface area (TPSA) is 50.4 Å². The molecular weight excluding hydrogens is 400 g/mol. The van der Waals surface area contributed by atoms with E-state index in [0.29, 0.717) is 12.3 Å². The van der Waals surface area contributed by atoms with Gasteiger partial charge in [-0.3, -0.25) is 4.79 Å². The molecular formula is C15H12Br2N2O2. The van der Waals surface area contributed by atoms with Crippen molar-refractivity contribution < 1.29 is 9.53 Å². The second kappa shape index (κ2) is 6.07. The maximum Gasteiger partial charge on any atom is 0.262 e. The number of halogens is 2. The Morgan fingerprint density at radius 2 is 1.95 bits per heavy atom. The lowest BCUT2D eigenvalue weighted by molar-refractivity contribution is -0.118. The molecule has 0 aromatic heterocycles. The zero-order valence-corrected chi connectivity index (χ0v) is 14.1. The SMILES string of the molecule is O=C1COc2ccc(CNc3c(Br)cccc3Br)cc2N1. The lowest BCUT2D eigenvalue weighted by atomic mass is 10.1. The second-order valence-electron chi connectivity index (χ2n) is 4.62. The summed E-state index contributed by atoms with van der Waals surface area (Å²) >= 11 is 7.04. The lowest BCUT2D eigenvalue weighted by Crippen LogP contribution is -2.25. The van der Waals surface area contributed by atoms with Crippen LogP contribution in [0, 0.1) is 0 Å². The predicted molar refractivity (Wildman–Crippen MR) is 89.7 cm³/mol. The molecule has 21 heavy (non-hydrogen) atoms. The van der Waals surface area contributed by atoms with Crippen LogP contribution in [0.2, 0.25) is 0 Å². The van der Waals surface area contributed by atoms with Crippen LogP contribution in [-0.2, 0) is 11.3 Å². The Morgan fingerprint density at radius 1 is 1.19 bits per heavy atom. The van der Waals surface area contributed by atoms with Gasteiger partial charge in [0.1, 0.15) is 5.75 Å². The van der Waals surface area contributed by atoms with Crippen molar-refractivity contribution in [1.29, 1.82) is 0 Å². The molecule has 4 nitrogen and oxygen atoms in total. The predicted octanol–water partition coefficient (Wildman–Crippen LogP) is 4.15. The van der Waals surface area contributed by atoms with Crippen molar-refractivity contribution in [2.24, 2.45) is 0 Å². The van der Waals surface area contributed by atoms with Gasteiger partial charge in [-0.2, -0.15) is 0 Å². The fraction of sp³-hybridized carbons (Fsp3) is 0.133. The van der Waals surface area contributed by atoms with E-state index in [0.717, 1.165) is 25.9 Å². The van der Waals surface area contributed by atoms with E-state index in [4.69, 9.17) is 4.74 Å². The molecule has 1 aliphatic rings. The first kappa shape index (κ1) is 14.4. The first-order valence-corrected chi connectivity index (χ1v) is 7.95. The van der Waals surface area contributed by atoms with Crippen LogP contribution >= 0.6 is 31.9 Å². The average molecular weight is 412 g/mol. The fourth-order valence-corrected chi connectivity index (χ4v) is 3.38. The Kier molecular flexibility index (Phi) is 4.17. The summed E-state index contributed by atoms with van der Waals surface area (Å²) in [6.45, 7) is 0.721. The van der Waals surface area contributed by atoms with Gasteiger partial charge in [-0.15, -0.1) is 0 Å². The van der Waals surface area contributed by atoms with Crippen LogP contribution in [-0.4, -0.2) is 12.5 Å². The quantitative estimate of drug-likeness (QED) is 0.797. The minimum absolute atomic E-state index is 0.0779. The zero-order chi connectivity index (χ0) is 14.8. The van der Waals surface area contributed by atoms with Crippen molar-refractivity contribution >= 4 is 49.1 Å². The Hall–Kier alpha value is -1.53. The number of nitrogens with one attached hydrogen (secondary N) is 2. The van der Waals surface area contributed by atoms with Gasteiger partial charge in [0, 0.05) is 15.5 Å². The molecule has 0 atom stereocenters. The zero-order valence-electron chi connectivity index (χ0n) is 11.0. The summed E-state index contributed by atoms with van der Waals surface area (Å²) in [7, 11) is 0. The molecule has 6 heteroatoms. The number of amides is 1. The third-order valence-corrected chi connectivity index (χ3v) is 4.43. The summed E-state index contributed by atoms with van der Waals surface area (Å²) in [6, 6.07) is 11.7. The van der Waals surface area contributed by atoms with Crippen LogP contribution in [0.3, 0.4) is 0 Å². The Morgan fingerprint density at radius 3 is 2.71 bits per heavy atom. The number of benzene rings is 2. The van der Waals surface area contributed by atoms with E-state index < -0.39 is 0 Å². The lowest BCUT2D eigenvalue weighted by Gasteiger charge is -2.19. The number of anilines is 2. The number of para-hydroxylation sites is 1. The molecule has 0 fully saturated rings. The minimum Gasteiger partial charge on any atom is -0.482 e. The summed E-state index contributed by atoms with van der Waals surface area (Å²) in [5.41, 5.74) is 2.77. The van der Waals surface area contributed by atoms with E-state index in [1.54, 1.807) is 0 Å². The Labute approximate surface area is 139 Å². The molecule has 0 saturated carbocycles. The number of ether oxygens (including phenoxy) is 1. The summed E-state index contributed by atoms with van der Waals surface area (Å²) in [6.07, 6.45) is 0. The van der Waals surface area contributed by atoms with Crippen molar-refractivity contribution in [3.8, 4) is 5.75 Å². The Balaban J connectivity index is 1.77. The van der Waals surface area contributed by atoms with Gasteiger partial charge < -0.3 is 15.4 Å². The smallest absolute Gasteiger partial charge is 0.262 e. The molecule has 2 N–H and O–H groups in total. The molecule has 0 radical (unpaired) electrons. The van der Waals surface area contributed by atoms with E-state index in [9.17, 15) is 4.79 Å². The normalized spacial score (nSPS) is 13.1. The number of carbonyl (C=O) groups excluding carboxylic acids is 1. The van der Waals surface area contributed by atoms with E-state index in [1.807, 2.05) is 36.4 Å². The van der Waals surface area contributed by atoms with Crippen LogP contribution < -0.4 is 15.4 Å². The summed E-state index contributed by atoms with van der Waals surface area (Å²) in [5, 5.41) is 6.18. The van der Waals surface area contributed by atoms with Gasteiger partial charge in [0.25, 0.3) is 5.91 Å². The highest BCUT2D eigenvalue weighted by Gasteiger charge is 2.15. The maximum absolute atomic E-state index is 11.3. The van der Waals surface area contributed by atoms with Gasteiger partial charge in [-0.25, -0.2) is 0 Å². The number of carbonyl (C=O) groups is 1. The summed E-state index contributed by atoms with van der Waals surface area (Å²) < 4.78 is 7.33. The van der Waals surface area contributed by atoms with Gasteiger partial charge in [-0.05, 0) is 61.7 Å². The molecule has 2 aromatic carbocycles. The van der Waals surface area contributed by atoms with Crippen LogP contribution in [0.15, 0.2) is 45.3 Å². The van der Waals surface area contributed by atoms with Crippen LogP contribution in [0.1, 0.15) is 5.56 Å². The van der Waals surface area contributed by atoms with E-state index in [1.165, 1.54) is 0 Å². The largest absolute Gasteiger partial charge is 0.482 e. The van der Waals surface area contributed by atoms with Crippen molar-refractivity contribution in [3.05, 3.63) is 50.9 Å². The molecule has 0 saturated heterocycles. The van der Waals surface area contributed by atoms with Gasteiger partial charge >= 0.3 is 0 Å². The summed E-state index contributed by atoms with van der Waals surface area (Å²) in [4.78, 5) is 11.3. The Bertz CT molecular complexity index is 684. The number of hydrogen-bond donors (Lipinski definition) is 2. The van der Waals surface area contributed by atoms with Gasteiger partial charge in [0.05, 0.1) is 11.4 Å². The van der Waals surface area contributed by atoms with E-state index in [-0.39, 0.29) is 12.5 Å². The highest BCUT2D eigenvalue weighted by atomic mass is 79.9. The molecule has 108 valence electrons. The third kappa shape index (κ3) is 3.22. The van der Waals surface area contributed by atoms with E-state index in [2.05, 4.69) is 42.5 Å². The molecule has 1 amide bonds. The molecule has 0 aliphatic carbocycles. The molecule has 0 bridgehead atoms. The molecule has 2 aromatic rings. The molecule has 0 spiro atoms. The second-order valence-corrected chi connectivity index (χ2v) is 6.33.